The summed E-state index contributed by atoms with van der Waals surface area (Å²) in [5.41, 5.74) is -0.691. The Morgan fingerprint density at radius 2 is 2.03 bits per heavy atom. The molecule has 5 nitrogen and oxygen atoms in total. The molecule has 1 N–H and O–H groups in total. The van der Waals surface area contributed by atoms with Crippen molar-refractivity contribution in [2.75, 3.05) is 7.11 Å². The first-order valence-corrected chi connectivity index (χ1v) is 8.79. The minimum atomic E-state index is -4.77. The maximum absolute atomic E-state index is 14.4. The highest BCUT2D eigenvalue weighted by Gasteiger charge is 2.39. The standard InChI is InChI=1S/C19H16ClF4N3O2/c1-10(28)8-27-18(19(22,23)24)12(7-26-27)17-13(9-29-2)11(6-25-17)16-14(20)4-3-5-15(16)21/h3-7,25H,8-9H2,1-2H3. The minimum absolute atomic E-state index is 0.0494. The molecule has 0 amide bonds. The predicted octanol–water partition coefficient (Wildman–Crippen LogP) is 5.09. The first-order valence-electron chi connectivity index (χ1n) is 8.41. The molecular formula is C19H16ClF4N3O2. The van der Waals surface area contributed by atoms with Crippen molar-refractivity contribution in [3.8, 4) is 22.4 Å². The lowest BCUT2D eigenvalue weighted by atomic mass is 10.00. The van der Waals surface area contributed by atoms with Crippen LogP contribution in [0.25, 0.3) is 22.4 Å². The summed E-state index contributed by atoms with van der Waals surface area (Å²) in [5.74, 6) is -1.10. The number of rotatable bonds is 6. The number of H-pyrrole nitrogens is 1. The van der Waals surface area contributed by atoms with E-state index in [4.69, 9.17) is 16.3 Å². The molecule has 0 saturated heterocycles. The number of Topliss-reactive ketones (excluding diaryl/α,β-unsaturated/α-hetero) is 1. The number of nitrogens with one attached hydrogen (secondary N) is 1. The minimum Gasteiger partial charge on any atom is -0.380 e. The molecule has 10 heteroatoms. The van der Waals surface area contributed by atoms with Crippen molar-refractivity contribution in [1.29, 1.82) is 0 Å². The SMILES string of the molecule is COCc1c(-c2c(F)cccc2Cl)c[nH]c1-c1cnn(CC(C)=O)c1C(F)(F)F. The van der Waals surface area contributed by atoms with E-state index in [1.807, 2.05) is 0 Å². The van der Waals surface area contributed by atoms with Crippen LogP contribution in [0.3, 0.4) is 0 Å². The van der Waals surface area contributed by atoms with E-state index >= 15 is 0 Å². The molecule has 0 bridgehead atoms. The van der Waals surface area contributed by atoms with Gasteiger partial charge in [-0.15, -0.1) is 0 Å². The molecule has 0 spiro atoms. The maximum atomic E-state index is 14.4. The van der Waals surface area contributed by atoms with Gasteiger partial charge in [-0.1, -0.05) is 17.7 Å². The number of aromatic nitrogens is 3. The molecule has 2 heterocycles. The zero-order valence-electron chi connectivity index (χ0n) is 15.4. The van der Waals surface area contributed by atoms with Gasteiger partial charge in [0.05, 0.1) is 30.1 Å². The van der Waals surface area contributed by atoms with Crippen molar-refractivity contribution in [1.82, 2.24) is 14.8 Å². The number of ketones is 1. The summed E-state index contributed by atoms with van der Waals surface area (Å²) in [6, 6.07) is 4.12. The largest absolute Gasteiger partial charge is 0.433 e. The Morgan fingerprint density at radius 1 is 1.31 bits per heavy atom. The van der Waals surface area contributed by atoms with Gasteiger partial charge >= 0.3 is 6.18 Å². The molecule has 0 fully saturated rings. The van der Waals surface area contributed by atoms with Crippen LogP contribution < -0.4 is 0 Å². The van der Waals surface area contributed by atoms with Crippen LogP contribution in [0.2, 0.25) is 5.02 Å². The molecular weight excluding hydrogens is 414 g/mol. The lowest BCUT2D eigenvalue weighted by Crippen LogP contribution is -2.18. The molecule has 3 rings (SSSR count). The fourth-order valence-corrected chi connectivity index (χ4v) is 3.43. The van der Waals surface area contributed by atoms with Gasteiger partial charge in [0.2, 0.25) is 0 Å². The van der Waals surface area contributed by atoms with Crippen molar-refractivity contribution >= 4 is 17.4 Å². The predicted molar refractivity (Wildman–Crippen MR) is 98.8 cm³/mol. The van der Waals surface area contributed by atoms with Crippen LogP contribution in [0, 0.1) is 5.82 Å². The number of carbonyl (C=O) groups is 1. The van der Waals surface area contributed by atoms with Crippen molar-refractivity contribution in [3.63, 3.8) is 0 Å². The van der Waals surface area contributed by atoms with E-state index in [9.17, 15) is 22.4 Å². The van der Waals surface area contributed by atoms with Gasteiger partial charge in [-0.25, -0.2) is 4.39 Å². The monoisotopic (exact) mass is 429 g/mol. The second-order valence-electron chi connectivity index (χ2n) is 6.35. The van der Waals surface area contributed by atoms with E-state index < -0.39 is 30.0 Å². The Bertz CT molecular complexity index is 1040. The number of hydrogen-bond donors (Lipinski definition) is 1. The summed E-state index contributed by atoms with van der Waals surface area (Å²) in [4.78, 5) is 14.1. The fourth-order valence-electron chi connectivity index (χ4n) is 3.16. The number of benzene rings is 1. The van der Waals surface area contributed by atoms with E-state index in [0.29, 0.717) is 4.68 Å². The molecule has 0 aliphatic rings. The van der Waals surface area contributed by atoms with Gasteiger partial charge in [-0.05, 0) is 19.1 Å². The molecule has 0 unspecified atom stereocenters. The molecule has 0 saturated carbocycles. The Kier molecular flexibility index (Phi) is 5.81. The summed E-state index contributed by atoms with van der Waals surface area (Å²) in [6.45, 7) is 0.542. The van der Waals surface area contributed by atoms with Gasteiger partial charge in [-0.2, -0.15) is 18.3 Å². The Labute approximate surface area is 168 Å². The Hall–Kier alpha value is -2.65. The Balaban J connectivity index is 2.25. The number of alkyl halides is 3. The zero-order valence-corrected chi connectivity index (χ0v) is 16.2. The van der Waals surface area contributed by atoms with Gasteiger partial charge in [0.25, 0.3) is 0 Å². The number of methoxy groups -OCH3 is 1. The second kappa shape index (κ2) is 8.00. The van der Waals surface area contributed by atoms with Gasteiger partial charge < -0.3 is 9.72 Å². The lowest BCUT2D eigenvalue weighted by Gasteiger charge is -2.13. The molecule has 3 aromatic rings. The van der Waals surface area contributed by atoms with Gasteiger partial charge in [0, 0.05) is 35.6 Å². The average molecular weight is 430 g/mol. The molecule has 1 aromatic carbocycles. The zero-order chi connectivity index (χ0) is 21.3. The van der Waals surface area contributed by atoms with Crippen LogP contribution in [0.5, 0.6) is 0 Å². The van der Waals surface area contributed by atoms with E-state index in [0.717, 1.165) is 6.20 Å². The van der Waals surface area contributed by atoms with Crippen molar-refractivity contribution in [2.45, 2.75) is 26.3 Å². The third-order valence-electron chi connectivity index (χ3n) is 4.26. The first kappa shape index (κ1) is 21.1. The summed E-state index contributed by atoms with van der Waals surface area (Å²) in [6.07, 6.45) is -2.38. The van der Waals surface area contributed by atoms with Crippen molar-refractivity contribution in [3.05, 3.63) is 52.7 Å². The number of nitrogens with zero attached hydrogens (tertiary/aromatic N) is 2. The van der Waals surface area contributed by atoms with Gasteiger partial charge in [0.1, 0.15) is 5.82 Å². The molecule has 29 heavy (non-hydrogen) atoms. The number of carbonyl (C=O) groups excluding carboxylic acids is 1. The number of ether oxygens (including phenoxy) is 1. The third-order valence-corrected chi connectivity index (χ3v) is 4.57. The van der Waals surface area contributed by atoms with E-state index in [1.165, 1.54) is 38.4 Å². The topological polar surface area (TPSA) is 59.9 Å². The van der Waals surface area contributed by atoms with Crippen LogP contribution >= 0.6 is 11.6 Å². The summed E-state index contributed by atoms with van der Waals surface area (Å²) < 4.78 is 61.4. The van der Waals surface area contributed by atoms with Crippen LogP contribution in [0.15, 0.2) is 30.6 Å². The van der Waals surface area contributed by atoms with Crippen LogP contribution in [0.1, 0.15) is 18.2 Å². The average Bonchev–Trinajstić information content (AvgIpc) is 3.19. The fraction of sp³-hybridized carbons (Fsp3) is 0.263. The smallest absolute Gasteiger partial charge is 0.380 e. The van der Waals surface area contributed by atoms with Gasteiger partial charge in [-0.3, -0.25) is 9.48 Å². The van der Waals surface area contributed by atoms with E-state index in [2.05, 4.69) is 10.1 Å². The molecule has 0 atom stereocenters. The molecule has 2 aromatic heterocycles. The van der Waals surface area contributed by atoms with Crippen molar-refractivity contribution < 1.29 is 27.1 Å². The van der Waals surface area contributed by atoms with Crippen LogP contribution in [-0.2, 0) is 28.9 Å². The highest BCUT2D eigenvalue weighted by Crippen LogP contribution is 2.42. The highest BCUT2D eigenvalue weighted by molar-refractivity contribution is 6.33. The molecule has 0 radical (unpaired) electrons. The lowest BCUT2D eigenvalue weighted by molar-refractivity contribution is -0.144. The van der Waals surface area contributed by atoms with Crippen molar-refractivity contribution in [2.24, 2.45) is 0 Å². The summed E-state index contributed by atoms with van der Waals surface area (Å²) in [5, 5.41) is 3.84. The maximum Gasteiger partial charge on any atom is 0.433 e. The molecule has 154 valence electrons. The molecule has 0 aliphatic heterocycles. The molecule has 0 aliphatic carbocycles. The van der Waals surface area contributed by atoms with Crippen LogP contribution in [-0.4, -0.2) is 27.7 Å². The summed E-state index contributed by atoms with van der Waals surface area (Å²) >= 11 is 6.13. The summed E-state index contributed by atoms with van der Waals surface area (Å²) in [7, 11) is 1.37. The Morgan fingerprint density at radius 3 is 2.62 bits per heavy atom. The quantitative estimate of drug-likeness (QED) is 0.555. The van der Waals surface area contributed by atoms with Crippen LogP contribution in [0.4, 0.5) is 17.6 Å². The van der Waals surface area contributed by atoms with Gasteiger partial charge in [0.15, 0.2) is 11.5 Å². The third kappa shape index (κ3) is 4.06. The van der Waals surface area contributed by atoms with E-state index in [1.54, 1.807) is 0 Å². The number of hydrogen-bond acceptors (Lipinski definition) is 3. The number of halogens is 5. The second-order valence-corrected chi connectivity index (χ2v) is 6.76. The van der Waals surface area contributed by atoms with E-state index in [-0.39, 0.29) is 39.6 Å². The highest BCUT2D eigenvalue weighted by atomic mass is 35.5. The first-order chi connectivity index (χ1) is 13.6. The normalized spacial score (nSPS) is 11.8. The number of aromatic amines is 1.